The zero-order chi connectivity index (χ0) is 24.2. The fourth-order valence-corrected chi connectivity index (χ4v) is 3.00. The van der Waals surface area contributed by atoms with Gasteiger partial charge in [0.25, 0.3) is 11.8 Å². The van der Waals surface area contributed by atoms with Crippen molar-refractivity contribution in [3.05, 3.63) is 95.1 Å². The highest BCUT2D eigenvalue weighted by Crippen LogP contribution is 2.13. The van der Waals surface area contributed by atoms with E-state index in [1.165, 1.54) is 0 Å². The Kier molecular flexibility index (Phi) is 8.92. The molecule has 0 unspecified atom stereocenters. The molecule has 0 saturated heterocycles. The number of hydrazone groups is 2. The van der Waals surface area contributed by atoms with Gasteiger partial charge in [0, 0.05) is 11.4 Å². The van der Waals surface area contributed by atoms with Gasteiger partial charge in [0.05, 0.1) is 25.5 Å². The minimum atomic E-state index is -0.240. The number of nitrogens with zero attached hydrogens (tertiary/aromatic N) is 2. The standard InChI is InChI=1S/C26H28N6O2/c1-19-7-3-5-9-23(19)27-17-25(33)31-29-15-21-11-13-22(14-12-21)16-30-32-26(34)18-28-24-10-6-4-8-20(24)2/h3-16,27-28H,17-18H2,1-2H3,(H,31,33)(H,32,34). The zero-order valence-corrected chi connectivity index (χ0v) is 19.2. The van der Waals surface area contributed by atoms with Crippen molar-refractivity contribution in [2.24, 2.45) is 10.2 Å². The number of benzene rings is 3. The predicted molar refractivity (Wildman–Crippen MR) is 137 cm³/mol. The second-order valence-corrected chi connectivity index (χ2v) is 7.59. The van der Waals surface area contributed by atoms with Crippen molar-refractivity contribution in [1.29, 1.82) is 0 Å². The molecule has 0 aliphatic rings. The summed E-state index contributed by atoms with van der Waals surface area (Å²) < 4.78 is 0. The van der Waals surface area contributed by atoms with Crippen LogP contribution in [0.1, 0.15) is 22.3 Å². The first-order valence-electron chi connectivity index (χ1n) is 10.8. The van der Waals surface area contributed by atoms with Gasteiger partial charge in [-0.3, -0.25) is 9.59 Å². The quantitative estimate of drug-likeness (QED) is 0.277. The van der Waals surface area contributed by atoms with Gasteiger partial charge in [-0.1, -0.05) is 60.7 Å². The summed E-state index contributed by atoms with van der Waals surface area (Å²) in [5, 5.41) is 14.1. The average molecular weight is 457 g/mol. The summed E-state index contributed by atoms with van der Waals surface area (Å²) in [5.74, 6) is -0.480. The number of hydrogen-bond donors (Lipinski definition) is 4. The van der Waals surface area contributed by atoms with Gasteiger partial charge < -0.3 is 10.6 Å². The van der Waals surface area contributed by atoms with E-state index in [-0.39, 0.29) is 24.9 Å². The number of para-hydroxylation sites is 2. The molecule has 8 nitrogen and oxygen atoms in total. The van der Waals surface area contributed by atoms with Crippen molar-refractivity contribution < 1.29 is 9.59 Å². The first-order chi connectivity index (χ1) is 16.5. The first kappa shape index (κ1) is 24.2. The van der Waals surface area contributed by atoms with Crippen LogP contribution in [0.4, 0.5) is 11.4 Å². The third-order valence-electron chi connectivity index (χ3n) is 4.91. The van der Waals surface area contributed by atoms with E-state index in [1.54, 1.807) is 12.4 Å². The van der Waals surface area contributed by atoms with Crippen LogP contribution in [0, 0.1) is 13.8 Å². The van der Waals surface area contributed by atoms with Crippen molar-refractivity contribution in [2.75, 3.05) is 23.7 Å². The lowest BCUT2D eigenvalue weighted by Crippen LogP contribution is -2.26. The Balaban J connectivity index is 1.38. The van der Waals surface area contributed by atoms with Gasteiger partial charge in [-0.25, -0.2) is 10.9 Å². The van der Waals surface area contributed by atoms with E-state index >= 15 is 0 Å². The average Bonchev–Trinajstić information content (AvgIpc) is 2.84. The third-order valence-corrected chi connectivity index (χ3v) is 4.91. The first-order valence-corrected chi connectivity index (χ1v) is 10.8. The fourth-order valence-electron chi connectivity index (χ4n) is 3.00. The molecule has 8 heteroatoms. The molecule has 34 heavy (non-hydrogen) atoms. The van der Waals surface area contributed by atoms with Crippen LogP contribution in [-0.4, -0.2) is 37.3 Å². The summed E-state index contributed by atoms with van der Waals surface area (Å²) in [6.07, 6.45) is 3.12. The monoisotopic (exact) mass is 456 g/mol. The molecule has 4 N–H and O–H groups in total. The maximum absolute atomic E-state index is 11.9. The highest BCUT2D eigenvalue weighted by molar-refractivity contribution is 5.87. The molecule has 0 spiro atoms. The molecule has 0 aliphatic carbocycles. The summed E-state index contributed by atoms with van der Waals surface area (Å²) >= 11 is 0. The molecule has 0 atom stereocenters. The minimum Gasteiger partial charge on any atom is -0.376 e. The normalized spacial score (nSPS) is 10.9. The molecular weight excluding hydrogens is 428 g/mol. The summed E-state index contributed by atoms with van der Waals surface area (Å²) in [6, 6.07) is 22.9. The number of hydrogen-bond acceptors (Lipinski definition) is 6. The van der Waals surface area contributed by atoms with Crippen LogP contribution < -0.4 is 21.5 Å². The van der Waals surface area contributed by atoms with E-state index in [4.69, 9.17) is 0 Å². The molecule has 0 bridgehead atoms. The molecule has 0 saturated carbocycles. The van der Waals surface area contributed by atoms with Gasteiger partial charge in [-0.05, 0) is 48.2 Å². The van der Waals surface area contributed by atoms with Gasteiger partial charge >= 0.3 is 0 Å². The summed E-state index contributed by atoms with van der Waals surface area (Å²) in [5.41, 5.74) is 10.6. The lowest BCUT2D eigenvalue weighted by molar-refractivity contribution is -0.120. The summed E-state index contributed by atoms with van der Waals surface area (Å²) in [4.78, 5) is 23.9. The summed E-state index contributed by atoms with van der Waals surface area (Å²) in [7, 11) is 0. The minimum absolute atomic E-state index is 0.129. The Morgan fingerprint density at radius 2 is 1.03 bits per heavy atom. The van der Waals surface area contributed by atoms with Gasteiger partial charge in [0.15, 0.2) is 0 Å². The van der Waals surface area contributed by atoms with E-state index in [2.05, 4.69) is 31.7 Å². The molecule has 3 rings (SSSR count). The number of anilines is 2. The second kappa shape index (κ2) is 12.5. The van der Waals surface area contributed by atoms with Crippen molar-refractivity contribution in [2.45, 2.75) is 13.8 Å². The topological polar surface area (TPSA) is 107 Å². The van der Waals surface area contributed by atoms with Gasteiger partial charge in [-0.2, -0.15) is 10.2 Å². The van der Waals surface area contributed by atoms with Crippen LogP contribution in [0.5, 0.6) is 0 Å². The highest BCUT2D eigenvalue weighted by Gasteiger charge is 2.02. The molecule has 0 aliphatic heterocycles. The van der Waals surface area contributed by atoms with Gasteiger partial charge in [-0.15, -0.1) is 0 Å². The van der Waals surface area contributed by atoms with Crippen LogP contribution >= 0.6 is 0 Å². The Labute approximate surface area is 199 Å². The van der Waals surface area contributed by atoms with Crippen LogP contribution in [-0.2, 0) is 9.59 Å². The number of carbonyl (C=O) groups is 2. The van der Waals surface area contributed by atoms with E-state index in [0.29, 0.717) is 0 Å². The number of aryl methyl sites for hydroxylation is 2. The third kappa shape index (κ3) is 7.90. The van der Waals surface area contributed by atoms with Crippen molar-refractivity contribution in [3.8, 4) is 0 Å². The Morgan fingerprint density at radius 3 is 1.41 bits per heavy atom. The SMILES string of the molecule is Cc1ccccc1NCC(=O)NN=Cc1ccc(C=NNC(=O)CNc2ccccc2C)cc1. The molecule has 0 fully saturated rings. The molecule has 0 heterocycles. The zero-order valence-electron chi connectivity index (χ0n) is 19.2. The highest BCUT2D eigenvalue weighted by atomic mass is 16.2. The lowest BCUT2D eigenvalue weighted by atomic mass is 10.2. The molecule has 2 amide bonds. The van der Waals surface area contributed by atoms with E-state index in [9.17, 15) is 9.59 Å². The fraction of sp³-hybridized carbons (Fsp3) is 0.154. The number of carbonyl (C=O) groups excluding carboxylic acids is 2. The Hall–Kier alpha value is -4.46. The Morgan fingerprint density at radius 1 is 0.647 bits per heavy atom. The second-order valence-electron chi connectivity index (χ2n) is 7.59. The van der Waals surface area contributed by atoms with Gasteiger partial charge in [0.2, 0.25) is 0 Å². The smallest absolute Gasteiger partial charge is 0.259 e. The van der Waals surface area contributed by atoms with E-state index in [0.717, 1.165) is 33.6 Å². The number of rotatable bonds is 10. The Bertz CT molecular complexity index is 1080. The molecule has 0 radical (unpaired) electrons. The summed E-state index contributed by atoms with van der Waals surface area (Å²) in [6.45, 7) is 4.21. The number of amides is 2. The van der Waals surface area contributed by atoms with Gasteiger partial charge in [0.1, 0.15) is 0 Å². The largest absolute Gasteiger partial charge is 0.376 e. The van der Waals surface area contributed by atoms with Crippen molar-refractivity contribution in [3.63, 3.8) is 0 Å². The molecule has 3 aromatic carbocycles. The van der Waals surface area contributed by atoms with Crippen LogP contribution in [0.15, 0.2) is 83.0 Å². The predicted octanol–water partition coefficient (Wildman–Crippen LogP) is 3.43. The maximum Gasteiger partial charge on any atom is 0.259 e. The molecule has 0 aromatic heterocycles. The van der Waals surface area contributed by atoms with Crippen LogP contribution in [0.3, 0.4) is 0 Å². The van der Waals surface area contributed by atoms with Crippen molar-refractivity contribution >= 4 is 35.6 Å². The van der Waals surface area contributed by atoms with E-state index < -0.39 is 0 Å². The lowest BCUT2D eigenvalue weighted by Gasteiger charge is -2.07. The molecule has 174 valence electrons. The maximum atomic E-state index is 11.9. The van der Waals surface area contributed by atoms with E-state index in [1.807, 2.05) is 86.6 Å². The number of nitrogens with one attached hydrogen (secondary N) is 4. The van der Waals surface area contributed by atoms with Crippen LogP contribution in [0.25, 0.3) is 0 Å². The molecule has 3 aromatic rings. The van der Waals surface area contributed by atoms with Crippen LogP contribution in [0.2, 0.25) is 0 Å². The van der Waals surface area contributed by atoms with Crippen molar-refractivity contribution in [1.82, 2.24) is 10.9 Å². The molecular formula is C26H28N6O2.